The van der Waals surface area contributed by atoms with Gasteiger partial charge in [-0.1, -0.05) is 51.5 Å². The maximum Gasteiger partial charge on any atom is 0.0106 e. The largest absolute Gasteiger partial charge is 0.316 e. The highest BCUT2D eigenvalue weighted by Gasteiger charge is 2.39. The number of likely N-dealkylation sites (N-methyl/N-ethyl adjacent to an activating group) is 1. The van der Waals surface area contributed by atoms with Crippen LogP contribution in [0.15, 0.2) is 24.3 Å². The molecule has 0 saturated carbocycles. The van der Waals surface area contributed by atoms with Crippen LogP contribution in [0.4, 0.5) is 0 Å². The fourth-order valence-electron chi connectivity index (χ4n) is 3.56. The van der Waals surface area contributed by atoms with Crippen molar-refractivity contribution in [3.05, 3.63) is 35.4 Å². The van der Waals surface area contributed by atoms with Gasteiger partial charge in [-0.15, -0.1) is 0 Å². The predicted octanol–water partition coefficient (Wildman–Crippen LogP) is 3.92. The van der Waals surface area contributed by atoms with Crippen molar-refractivity contribution in [3.8, 4) is 0 Å². The van der Waals surface area contributed by atoms with Gasteiger partial charge in [0.05, 0.1) is 0 Å². The van der Waals surface area contributed by atoms with Crippen molar-refractivity contribution in [1.29, 1.82) is 0 Å². The van der Waals surface area contributed by atoms with E-state index in [0.717, 1.165) is 19.0 Å². The van der Waals surface area contributed by atoms with Crippen molar-refractivity contribution >= 4 is 0 Å². The third-order valence-corrected chi connectivity index (χ3v) is 4.87. The molecule has 0 aliphatic heterocycles. The molecule has 0 radical (unpaired) electrons. The Labute approximate surface area is 112 Å². The number of nitrogens with one attached hydrogen (secondary N) is 1. The summed E-state index contributed by atoms with van der Waals surface area (Å²) in [6.45, 7) is 9.17. The maximum atomic E-state index is 3.61. The third kappa shape index (κ3) is 2.33. The summed E-state index contributed by atoms with van der Waals surface area (Å²) in [4.78, 5) is 0. The van der Waals surface area contributed by atoms with Gasteiger partial charge in [-0.25, -0.2) is 0 Å². The Balaban J connectivity index is 2.41. The van der Waals surface area contributed by atoms with E-state index < -0.39 is 0 Å². The number of rotatable bonds is 5. The van der Waals surface area contributed by atoms with Crippen molar-refractivity contribution in [1.82, 2.24) is 5.32 Å². The Kier molecular flexibility index (Phi) is 4.45. The standard InChI is InChI=1S/C17H27N/c1-4-14(3)17(13-18-5-2)12-8-10-15-9-6-7-11-16(15)17/h6-7,9,11,14,18H,4-5,8,10,12-13H2,1-3H3. The molecule has 2 unspecified atom stereocenters. The number of hydrogen-bond donors (Lipinski definition) is 1. The van der Waals surface area contributed by atoms with Gasteiger partial charge in [0.25, 0.3) is 0 Å². The van der Waals surface area contributed by atoms with Crippen molar-refractivity contribution in [2.24, 2.45) is 5.92 Å². The van der Waals surface area contributed by atoms with Gasteiger partial charge in [-0.05, 0) is 42.9 Å². The van der Waals surface area contributed by atoms with Crippen LogP contribution in [0, 0.1) is 5.92 Å². The number of fused-ring (bicyclic) bond motifs is 1. The highest BCUT2D eigenvalue weighted by atomic mass is 14.9. The van der Waals surface area contributed by atoms with Gasteiger partial charge < -0.3 is 5.32 Å². The van der Waals surface area contributed by atoms with Crippen LogP contribution in [-0.4, -0.2) is 13.1 Å². The SMILES string of the molecule is CCNCC1(C(C)CC)CCCc2ccccc21. The van der Waals surface area contributed by atoms with Gasteiger partial charge in [-0.3, -0.25) is 0 Å². The van der Waals surface area contributed by atoms with Crippen LogP contribution in [0.25, 0.3) is 0 Å². The number of hydrogen-bond acceptors (Lipinski definition) is 1. The zero-order valence-electron chi connectivity index (χ0n) is 12.1. The molecule has 2 atom stereocenters. The van der Waals surface area contributed by atoms with Crippen molar-refractivity contribution < 1.29 is 0 Å². The number of aryl methyl sites for hydroxylation is 1. The minimum Gasteiger partial charge on any atom is -0.316 e. The van der Waals surface area contributed by atoms with Crippen LogP contribution >= 0.6 is 0 Å². The molecule has 1 aliphatic rings. The highest BCUT2D eigenvalue weighted by molar-refractivity contribution is 5.38. The zero-order valence-corrected chi connectivity index (χ0v) is 12.1. The Bertz CT molecular complexity index is 385. The predicted molar refractivity (Wildman–Crippen MR) is 79.1 cm³/mol. The van der Waals surface area contributed by atoms with Crippen molar-refractivity contribution in [3.63, 3.8) is 0 Å². The monoisotopic (exact) mass is 245 g/mol. The summed E-state index contributed by atoms with van der Waals surface area (Å²) in [5.41, 5.74) is 3.56. The van der Waals surface area contributed by atoms with Crippen LogP contribution in [0.1, 0.15) is 51.2 Å². The van der Waals surface area contributed by atoms with E-state index >= 15 is 0 Å². The molecule has 0 bridgehead atoms. The van der Waals surface area contributed by atoms with Crippen LogP contribution < -0.4 is 5.32 Å². The molecule has 0 amide bonds. The fourth-order valence-corrected chi connectivity index (χ4v) is 3.56. The van der Waals surface area contributed by atoms with Crippen molar-refractivity contribution in [2.45, 2.75) is 51.9 Å². The number of benzene rings is 1. The van der Waals surface area contributed by atoms with E-state index in [2.05, 4.69) is 50.4 Å². The molecule has 0 heterocycles. The first-order valence-corrected chi connectivity index (χ1v) is 7.53. The first-order valence-electron chi connectivity index (χ1n) is 7.53. The molecule has 1 aromatic carbocycles. The summed E-state index contributed by atoms with van der Waals surface area (Å²) in [5, 5.41) is 3.61. The van der Waals surface area contributed by atoms with E-state index in [9.17, 15) is 0 Å². The van der Waals surface area contributed by atoms with Crippen LogP contribution in [0.3, 0.4) is 0 Å². The van der Waals surface area contributed by atoms with Crippen LogP contribution in [0.5, 0.6) is 0 Å². The second-order valence-corrected chi connectivity index (χ2v) is 5.76. The first kappa shape index (κ1) is 13.6. The summed E-state index contributed by atoms with van der Waals surface area (Å²) in [6, 6.07) is 9.11. The second kappa shape index (κ2) is 5.88. The fraction of sp³-hybridized carbons (Fsp3) is 0.647. The summed E-state index contributed by atoms with van der Waals surface area (Å²) in [7, 11) is 0. The molecule has 1 N–H and O–H groups in total. The molecule has 0 spiro atoms. The summed E-state index contributed by atoms with van der Waals surface area (Å²) in [6.07, 6.45) is 5.21. The minimum absolute atomic E-state index is 0.361. The molecule has 1 aromatic rings. The van der Waals surface area contributed by atoms with Crippen molar-refractivity contribution in [2.75, 3.05) is 13.1 Å². The molecule has 0 saturated heterocycles. The topological polar surface area (TPSA) is 12.0 Å². The van der Waals surface area contributed by atoms with E-state index in [1.54, 1.807) is 11.1 Å². The first-order chi connectivity index (χ1) is 8.74. The molecule has 1 aliphatic carbocycles. The average molecular weight is 245 g/mol. The van der Waals surface area contributed by atoms with Gasteiger partial charge in [0.2, 0.25) is 0 Å². The summed E-state index contributed by atoms with van der Waals surface area (Å²) >= 11 is 0. The van der Waals surface area contributed by atoms with Gasteiger partial charge in [-0.2, -0.15) is 0 Å². The Hall–Kier alpha value is -0.820. The van der Waals surface area contributed by atoms with E-state index in [1.165, 1.54) is 25.7 Å². The van der Waals surface area contributed by atoms with E-state index in [1.807, 2.05) is 0 Å². The van der Waals surface area contributed by atoms with E-state index in [4.69, 9.17) is 0 Å². The molecule has 2 rings (SSSR count). The smallest absolute Gasteiger partial charge is 0.0106 e. The molecule has 18 heavy (non-hydrogen) atoms. The maximum absolute atomic E-state index is 3.61. The Morgan fingerprint density at radius 3 is 2.78 bits per heavy atom. The van der Waals surface area contributed by atoms with Gasteiger partial charge >= 0.3 is 0 Å². The van der Waals surface area contributed by atoms with E-state index in [-0.39, 0.29) is 0 Å². The van der Waals surface area contributed by atoms with Gasteiger partial charge in [0, 0.05) is 12.0 Å². The summed E-state index contributed by atoms with van der Waals surface area (Å²) in [5.74, 6) is 0.748. The summed E-state index contributed by atoms with van der Waals surface area (Å²) < 4.78 is 0. The molecule has 1 heteroatoms. The quantitative estimate of drug-likeness (QED) is 0.829. The molecule has 1 nitrogen and oxygen atoms in total. The zero-order chi connectivity index (χ0) is 13.0. The average Bonchev–Trinajstić information content (AvgIpc) is 2.44. The Morgan fingerprint density at radius 1 is 1.28 bits per heavy atom. The lowest BCUT2D eigenvalue weighted by Gasteiger charge is -2.44. The van der Waals surface area contributed by atoms with Gasteiger partial charge in [0.15, 0.2) is 0 Å². The van der Waals surface area contributed by atoms with E-state index in [0.29, 0.717) is 5.41 Å². The Morgan fingerprint density at radius 2 is 2.06 bits per heavy atom. The normalized spacial score (nSPS) is 24.6. The minimum atomic E-state index is 0.361. The lowest BCUT2D eigenvalue weighted by Crippen LogP contribution is -2.45. The van der Waals surface area contributed by atoms with Crippen LogP contribution in [0.2, 0.25) is 0 Å². The molecule has 0 fully saturated rings. The highest BCUT2D eigenvalue weighted by Crippen LogP contribution is 2.43. The second-order valence-electron chi connectivity index (χ2n) is 5.76. The lowest BCUT2D eigenvalue weighted by molar-refractivity contribution is 0.231. The van der Waals surface area contributed by atoms with Crippen LogP contribution in [-0.2, 0) is 11.8 Å². The molecular weight excluding hydrogens is 218 g/mol. The molecular formula is C17H27N. The lowest BCUT2D eigenvalue weighted by atomic mass is 9.62. The third-order valence-electron chi connectivity index (χ3n) is 4.87. The molecule has 100 valence electrons. The van der Waals surface area contributed by atoms with Gasteiger partial charge in [0.1, 0.15) is 0 Å². The molecule has 0 aromatic heterocycles.